The summed E-state index contributed by atoms with van der Waals surface area (Å²) in [5.74, 6) is 0.805. The van der Waals surface area contributed by atoms with Crippen LogP contribution < -0.4 is 10.5 Å². The smallest absolute Gasteiger partial charge is 0.123 e. The van der Waals surface area contributed by atoms with E-state index in [0.717, 1.165) is 17.7 Å². The third kappa shape index (κ3) is 4.12. The molecule has 0 aromatic heterocycles. The molecule has 0 spiro atoms. The van der Waals surface area contributed by atoms with Crippen molar-refractivity contribution < 1.29 is 4.74 Å². The fraction of sp³-hybridized carbons (Fsp3) is 0.273. The van der Waals surface area contributed by atoms with Crippen molar-refractivity contribution in [3.63, 3.8) is 0 Å². The maximum atomic E-state index is 5.88. The number of halogens is 2. The van der Waals surface area contributed by atoms with Gasteiger partial charge in [-0.1, -0.05) is 23.2 Å². The van der Waals surface area contributed by atoms with Crippen LogP contribution in [0, 0.1) is 0 Å². The molecular weight excluding hydrogens is 233 g/mol. The van der Waals surface area contributed by atoms with E-state index in [1.54, 1.807) is 12.1 Å². The molecule has 0 aliphatic carbocycles. The molecule has 15 heavy (non-hydrogen) atoms. The minimum Gasteiger partial charge on any atom is -0.489 e. The summed E-state index contributed by atoms with van der Waals surface area (Å²) in [5.41, 5.74) is 7.95. The van der Waals surface area contributed by atoms with Gasteiger partial charge in [0.05, 0.1) is 0 Å². The van der Waals surface area contributed by atoms with E-state index < -0.39 is 0 Å². The van der Waals surface area contributed by atoms with E-state index in [1.807, 2.05) is 12.1 Å². The summed E-state index contributed by atoms with van der Waals surface area (Å²) in [6.45, 7) is 1.02. The summed E-state index contributed by atoms with van der Waals surface area (Å²) in [4.78, 5) is 0. The molecule has 0 heterocycles. The first-order valence-corrected chi connectivity index (χ1v) is 5.46. The van der Waals surface area contributed by atoms with Crippen LogP contribution in [-0.4, -0.2) is 13.2 Å². The summed E-state index contributed by atoms with van der Waals surface area (Å²) in [6, 6.07) is 5.50. The topological polar surface area (TPSA) is 35.2 Å². The van der Waals surface area contributed by atoms with Gasteiger partial charge in [0.2, 0.25) is 0 Å². The summed E-state index contributed by atoms with van der Waals surface area (Å²) in [5, 5.41) is 0.693. The average Bonchev–Trinajstić information content (AvgIpc) is 2.22. The molecule has 1 aromatic carbocycles. The number of benzene rings is 1. The van der Waals surface area contributed by atoms with Crippen LogP contribution in [-0.2, 0) is 6.42 Å². The molecule has 0 amide bonds. The molecule has 4 heteroatoms. The number of hydrogen-bond donors (Lipinski definition) is 1. The molecule has 0 saturated heterocycles. The predicted octanol–water partition coefficient (Wildman–Crippen LogP) is 2.97. The molecule has 1 rings (SSSR count). The fourth-order valence-corrected chi connectivity index (χ4v) is 1.48. The van der Waals surface area contributed by atoms with E-state index in [-0.39, 0.29) is 0 Å². The third-order valence-electron chi connectivity index (χ3n) is 1.86. The first-order valence-electron chi connectivity index (χ1n) is 4.64. The van der Waals surface area contributed by atoms with Crippen LogP contribution in [0.4, 0.5) is 0 Å². The standard InChI is InChI=1S/C11H13Cl2NO/c12-5-1-7-15-11-3-2-10(13)8-9(11)4-6-14/h1-3,5,8H,4,6-7,14H2/b5-1+. The molecule has 0 bridgehead atoms. The van der Waals surface area contributed by atoms with Crippen LogP contribution in [0.2, 0.25) is 5.02 Å². The second-order valence-corrected chi connectivity index (χ2v) is 3.65. The Hall–Kier alpha value is -0.700. The van der Waals surface area contributed by atoms with Crippen LogP contribution in [0.15, 0.2) is 29.8 Å². The Morgan fingerprint density at radius 3 is 2.87 bits per heavy atom. The molecule has 0 unspecified atom stereocenters. The zero-order valence-electron chi connectivity index (χ0n) is 8.25. The van der Waals surface area contributed by atoms with Crippen molar-refractivity contribution >= 4 is 23.2 Å². The van der Waals surface area contributed by atoms with Gasteiger partial charge in [-0.3, -0.25) is 0 Å². The third-order valence-corrected chi connectivity index (χ3v) is 2.27. The molecule has 0 aliphatic rings. The zero-order valence-corrected chi connectivity index (χ0v) is 9.76. The van der Waals surface area contributed by atoms with E-state index in [9.17, 15) is 0 Å². The number of nitrogens with two attached hydrogens (primary N) is 1. The van der Waals surface area contributed by atoms with Gasteiger partial charge >= 0.3 is 0 Å². The number of rotatable bonds is 5. The molecule has 82 valence electrons. The molecular formula is C11H13Cl2NO. The minimum absolute atomic E-state index is 0.447. The quantitative estimate of drug-likeness (QED) is 0.866. The van der Waals surface area contributed by atoms with Crippen molar-refractivity contribution in [1.29, 1.82) is 0 Å². The van der Waals surface area contributed by atoms with E-state index in [0.29, 0.717) is 18.2 Å². The van der Waals surface area contributed by atoms with Crippen molar-refractivity contribution in [3.05, 3.63) is 40.4 Å². The molecule has 0 aliphatic heterocycles. The lowest BCUT2D eigenvalue weighted by Crippen LogP contribution is -2.05. The van der Waals surface area contributed by atoms with Gasteiger partial charge in [0.15, 0.2) is 0 Å². The Morgan fingerprint density at radius 2 is 2.20 bits per heavy atom. The molecule has 2 nitrogen and oxygen atoms in total. The highest BCUT2D eigenvalue weighted by Crippen LogP contribution is 2.23. The maximum absolute atomic E-state index is 5.88. The highest BCUT2D eigenvalue weighted by Gasteiger charge is 2.03. The van der Waals surface area contributed by atoms with E-state index >= 15 is 0 Å². The van der Waals surface area contributed by atoms with Gasteiger partial charge in [0, 0.05) is 10.6 Å². The second kappa shape index (κ2) is 6.72. The zero-order chi connectivity index (χ0) is 11.1. The molecule has 0 fully saturated rings. The number of ether oxygens (including phenoxy) is 1. The van der Waals surface area contributed by atoms with Gasteiger partial charge in [-0.2, -0.15) is 0 Å². The van der Waals surface area contributed by atoms with E-state index in [2.05, 4.69) is 0 Å². The Morgan fingerprint density at radius 1 is 1.40 bits per heavy atom. The predicted molar refractivity (Wildman–Crippen MR) is 64.7 cm³/mol. The van der Waals surface area contributed by atoms with Crippen molar-refractivity contribution in [2.45, 2.75) is 6.42 Å². The monoisotopic (exact) mass is 245 g/mol. The SMILES string of the molecule is NCCc1cc(Cl)ccc1OC/C=C/Cl. The lowest BCUT2D eigenvalue weighted by molar-refractivity contribution is 0.359. The van der Waals surface area contributed by atoms with Crippen LogP contribution in [0.25, 0.3) is 0 Å². The Kier molecular flexibility index (Phi) is 5.54. The summed E-state index contributed by atoms with van der Waals surface area (Å²) >= 11 is 11.3. The highest BCUT2D eigenvalue weighted by molar-refractivity contribution is 6.30. The van der Waals surface area contributed by atoms with Gasteiger partial charge in [0.1, 0.15) is 12.4 Å². The highest BCUT2D eigenvalue weighted by atomic mass is 35.5. The first kappa shape index (κ1) is 12.4. The van der Waals surface area contributed by atoms with Crippen molar-refractivity contribution in [2.75, 3.05) is 13.2 Å². The lowest BCUT2D eigenvalue weighted by Gasteiger charge is -2.09. The summed E-state index contributed by atoms with van der Waals surface area (Å²) in [7, 11) is 0. The Bertz CT molecular complexity index is 339. The fourth-order valence-electron chi connectivity index (χ4n) is 1.21. The van der Waals surface area contributed by atoms with Crippen molar-refractivity contribution in [1.82, 2.24) is 0 Å². The Balaban J connectivity index is 2.75. The van der Waals surface area contributed by atoms with Gasteiger partial charge in [0.25, 0.3) is 0 Å². The van der Waals surface area contributed by atoms with Crippen molar-refractivity contribution in [3.8, 4) is 5.75 Å². The molecule has 2 N–H and O–H groups in total. The second-order valence-electron chi connectivity index (χ2n) is 2.96. The van der Waals surface area contributed by atoms with Gasteiger partial charge in [-0.05, 0) is 42.8 Å². The maximum Gasteiger partial charge on any atom is 0.123 e. The molecule has 0 saturated carbocycles. The summed E-state index contributed by atoms with van der Waals surface area (Å²) in [6.07, 6.45) is 2.48. The number of hydrogen-bond acceptors (Lipinski definition) is 2. The first-order chi connectivity index (χ1) is 7.27. The Labute approximate surface area is 99.6 Å². The van der Waals surface area contributed by atoms with Crippen LogP contribution >= 0.6 is 23.2 Å². The van der Waals surface area contributed by atoms with E-state index in [4.69, 9.17) is 33.7 Å². The van der Waals surface area contributed by atoms with Crippen LogP contribution in [0.3, 0.4) is 0 Å². The molecule has 0 radical (unpaired) electrons. The van der Waals surface area contributed by atoms with E-state index in [1.165, 1.54) is 5.54 Å². The minimum atomic E-state index is 0.447. The van der Waals surface area contributed by atoms with Gasteiger partial charge in [-0.25, -0.2) is 0 Å². The van der Waals surface area contributed by atoms with Gasteiger partial charge < -0.3 is 10.5 Å². The average molecular weight is 246 g/mol. The largest absolute Gasteiger partial charge is 0.489 e. The lowest BCUT2D eigenvalue weighted by atomic mass is 10.1. The van der Waals surface area contributed by atoms with Crippen molar-refractivity contribution in [2.24, 2.45) is 5.73 Å². The van der Waals surface area contributed by atoms with Crippen LogP contribution in [0.1, 0.15) is 5.56 Å². The summed E-state index contributed by atoms with van der Waals surface area (Å²) < 4.78 is 5.50. The molecule has 0 atom stereocenters. The van der Waals surface area contributed by atoms with Crippen LogP contribution in [0.5, 0.6) is 5.75 Å². The normalized spacial score (nSPS) is 10.9. The van der Waals surface area contributed by atoms with Gasteiger partial charge in [-0.15, -0.1) is 0 Å². The molecule has 1 aromatic rings.